The minimum absolute atomic E-state index is 0.150. The summed E-state index contributed by atoms with van der Waals surface area (Å²) < 4.78 is 0.387. The van der Waals surface area contributed by atoms with Crippen molar-refractivity contribution in [3.05, 3.63) is 32.4 Å². The zero-order chi connectivity index (χ0) is 10.0. The molecule has 0 fully saturated rings. The summed E-state index contributed by atoms with van der Waals surface area (Å²) in [4.78, 5) is 23.6. The maximum Gasteiger partial charge on any atom is 0.365 e. The van der Waals surface area contributed by atoms with Crippen molar-refractivity contribution in [2.45, 2.75) is 0 Å². The molecule has 0 bridgehead atoms. The first-order chi connectivity index (χ1) is 6.00. The lowest BCUT2D eigenvalue weighted by Crippen LogP contribution is -1.99. The quantitative estimate of drug-likeness (QED) is 0.466. The molecule has 0 aliphatic rings. The number of aromatic nitrogens is 1. The molecule has 0 spiro atoms. The SMILES string of the molecule is O=C(Cl)c1cc(Br)cc([N+](=O)[O-])n1. The van der Waals surface area contributed by atoms with Crippen molar-refractivity contribution in [3.63, 3.8) is 0 Å². The van der Waals surface area contributed by atoms with Gasteiger partial charge in [0.15, 0.2) is 0 Å². The zero-order valence-electron chi connectivity index (χ0n) is 6.03. The number of nitrogens with zero attached hydrogens (tertiary/aromatic N) is 2. The summed E-state index contributed by atoms with van der Waals surface area (Å²) in [5.41, 5.74) is -0.150. The van der Waals surface area contributed by atoms with Crippen molar-refractivity contribution >= 4 is 38.6 Å². The Morgan fingerprint density at radius 3 is 2.69 bits per heavy atom. The molecular formula is C6H2BrClN2O3. The van der Waals surface area contributed by atoms with E-state index < -0.39 is 16.0 Å². The number of pyridine rings is 1. The number of rotatable bonds is 2. The monoisotopic (exact) mass is 264 g/mol. The van der Waals surface area contributed by atoms with Crippen LogP contribution in [-0.4, -0.2) is 15.1 Å². The number of hydrogen-bond acceptors (Lipinski definition) is 4. The molecule has 0 saturated carbocycles. The van der Waals surface area contributed by atoms with Crippen molar-refractivity contribution in [2.75, 3.05) is 0 Å². The number of carbonyl (C=O) groups excluding carboxylic acids is 1. The van der Waals surface area contributed by atoms with E-state index in [4.69, 9.17) is 11.6 Å². The fraction of sp³-hybridized carbons (Fsp3) is 0. The third kappa shape index (κ3) is 2.46. The summed E-state index contributed by atoms with van der Waals surface area (Å²) in [6.07, 6.45) is 0. The fourth-order valence-corrected chi connectivity index (χ4v) is 1.20. The first-order valence-electron chi connectivity index (χ1n) is 3.02. The molecule has 1 rings (SSSR count). The van der Waals surface area contributed by atoms with E-state index in [0.29, 0.717) is 4.47 Å². The van der Waals surface area contributed by atoms with E-state index >= 15 is 0 Å². The van der Waals surface area contributed by atoms with E-state index in [-0.39, 0.29) is 5.69 Å². The molecule has 0 amide bonds. The van der Waals surface area contributed by atoms with Crippen LogP contribution in [0.3, 0.4) is 0 Å². The Morgan fingerprint density at radius 2 is 2.23 bits per heavy atom. The minimum atomic E-state index is -0.829. The molecule has 68 valence electrons. The maximum absolute atomic E-state index is 10.6. The van der Waals surface area contributed by atoms with Gasteiger partial charge in [-0.1, -0.05) is 15.9 Å². The number of nitro groups is 1. The summed E-state index contributed by atoms with van der Waals surface area (Å²) in [5.74, 6) is -0.418. The van der Waals surface area contributed by atoms with E-state index in [1.807, 2.05) is 0 Å². The highest BCUT2D eigenvalue weighted by Crippen LogP contribution is 2.18. The molecule has 0 aliphatic heterocycles. The average Bonchev–Trinajstić information content (AvgIpc) is 2.03. The molecule has 7 heteroatoms. The molecule has 0 aliphatic carbocycles. The van der Waals surface area contributed by atoms with Crippen LogP contribution in [0.25, 0.3) is 0 Å². The summed E-state index contributed by atoms with van der Waals surface area (Å²) in [7, 11) is 0. The average molecular weight is 265 g/mol. The van der Waals surface area contributed by atoms with Crippen LogP contribution in [-0.2, 0) is 0 Å². The van der Waals surface area contributed by atoms with E-state index in [9.17, 15) is 14.9 Å². The number of carbonyl (C=O) groups is 1. The second-order valence-electron chi connectivity index (χ2n) is 2.06. The van der Waals surface area contributed by atoms with Crippen LogP contribution in [0.2, 0.25) is 0 Å². The molecule has 0 unspecified atom stereocenters. The van der Waals surface area contributed by atoms with Gasteiger partial charge in [-0.05, 0) is 21.5 Å². The molecule has 1 aromatic heterocycles. The predicted octanol–water partition coefficient (Wildman–Crippen LogP) is 2.13. The first kappa shape index (κ1) is 10.1. The van der Waals surface area contributed by atoms with Gasteiger partial charge in [0, 0.05) is 10.5 Å². The minimum Gasteiger partial charge on any atom is -0.358 e. The fourth-order valence-electron chi connectivity index (χ4n) is 0.678. The third-order valence-corrected chi connectivity index (χ3v) is 1.82. The Labute approximate surface area is 86.0 Å². The summed E-state index contributed by atoms with van der Waals surface area (Å²) >= 11 is 8.10. The predicted molar refractivity (Wildman–Crippen MR) is 48.8 cm³/mol. The molecular weight excluding hydrogens is 263 g/mol. The van der Waals surface area contributed by atoms with Crippen LogP contribution in [0, 0.1) is 10.1 Å². The highest BCUT2D eigenvalue weighted by molar-refractivity contribution is 9.10. The molecule has 0 aromatic carbocycles. The van der Waals surface area contributed by atoms with Crippen LogP contribution < -0.4 is 0 Å². The van der Waals surface area contributed by atoms with E-state index in [0.717, 1.165) is 0 Å². The van der Waals surface area contributed by atoms with Gasteiger partial charge >= 0.3 is 5.82 Å². The molecule has 5 nitrogen and oxygen atoms in total. The van der Waals surface area contributed by atoms with Gasteiger partial charge in [-0.2, -0.15) is 0 Å². The van der Waals surface area contributed by atoms with Crippen LogP contribution in [0.5, 0.6) is 0 Å². The van der Waals surface area contributed by atoms with Crippen molar-refractivity contribution < 1.29 is 9.72 Å². The molecule has 13 heavy (non-hydrogen) atoms. The lowest BCUT2D eigenvalue weighted by atomic mass is 10.4. The number of halogens is 2. The second kappa shape index (κ2) is 3.80. The van der Waals surface area contributed by atoms with Crippen LogP contribution >= 0.6 is 27.5 Å². The Balaban J connectivity index is 3.26. The lowest BCUT2D eigenvalue weighted by molar-refractivity contribution is -0.389. The topological polar surface area (TPSA) is 73.1 Å². The molecule has 0 radical (unpaired) electrons. The van der Waals surface area contributed by atoms with Crippen molar-refractivity contribution in [3.8, 4) is 0 Å². The van der Waals surface area contributed by atoms with Crippen molar-refractivity contribution in [2.24, 2.45) is 0 Å². The van der Waals surface area contributed by atoms with Gasteiger partial charge in [0.1, 0.15) is 0 Å². The lowest BCUT2D eigenvalue weighted by Gasteiger charge is -1.93. The van der Waals surface area contributed by atoms with E-state index in [2.05, 4.69) is 20.9 Å². The molecule has 1 heterocycles. The second-order valence-corrected chi connectivity index (χ2v) is 3.32. The van der Waals surface area contributed by atoms with Crippen LogP contribution in [0.15, 0.2) is 16.6 Å². The van der Waals surface area contributed by atoms with Gasteiger partial charge in [-0.25, -0.2) is 0 Å². The van der Waals surface area contributed by atoms with Gasteiger partial charge in [-0.15, -0.1) is 0 Å². The smallest absolute Gasteiger partial charge is 0.358 e. The highest BCUT2D eigenvalue weighted by Gasteiger charge is 2.16. The summed E-state index contributed by atoms with van der Waals surface area (Å²) in [6, 6.07) is 2.49. The molecule has 0 N–H and O–H groups in total. The van der Waals surface area contributed by atoms with Crippen LogP contribution in [0.4, 0.5) is 5.82 Å². The van der Waals surface area contributed by atoms with Crippen molar-refractivity contribution in [1.29, 1.82) is 0 Å². The standard InChI is InChI=1S/C6H2BrClN2O3/c7-3-1-4(6(8)11)9-5(2-3)10(12)13/h1-2H. The summed E-state index contributed by atoms with van der Waals surface area (Å²) in [5, 5.41) is 9.47. The number of hydrogen-bond donors (Lipinski definition) is 0. The normalized spacial score (nSPS) is 9.69. The van der Waals surface area contributed by atoms with Crippen LogP contribution in [0.1, 0.15) is 10.5 Å². The highest BCUT2D eigenvalue weighted by atomic mass is 79.9. The third-order valence-electron chi connectivity index (χ3n) is 1.17. The van der Waals surface area contributed by atoms with Gasteiger partial charge in [-0.3, -0.25) is 4.79 Å². The van der Waals surface area contributed by atoms with Gasteiger partial charge in [0.25, 0.3) is 5.24 Å². The molecule has 0 saturated heterocycles. The first-order valence-corrected chi connectivity index (χ1v) is 4.19. The Morgan fingerprint density at radius 1 is 1.62 bits per heavy atom. The zero-order valence-corrected chi connectivity index (χ0v) is 8.37. The van der Waals surface area contributed by atoms with E-state index in [1.165, 1.54) is 12.1 Å². The summed E-state index contributed by atoms with van der Waals surface area (Å²) in [6.45, 7) is 0. The van der Waals surface area contributed by atoms with Gasteiger partial charge in [0.2, 0.25) is 5.69 Å². The van der Waals surface area contributed by atoms with Crippen molar-refractivity contribution in [1.82, 2.24) is 4.98 Å². The Bertz CT molecular complexity index is 350. The largest absolute Gasteiger partial charge is 0.365 e. The van der Waals surface area contributed by atoms with Gasteiger partial charge < -0.3 is 10.1 Å². The Hall–Kier alpha value is -1.01. The molecule has 0 atom stereocenters. The maximum atomic E-state index is 10.6. The van der Waals surface area contributed by atoms with Gasteiger partial charge in [0.05, 0.1) is 6.07 Å². The molecule has 1 aromatic rings. The Kier molecular flexibility index (Phi) is 2.94. The van der Waals surface area contributed by atoms with E-state index in [1.54, 1.807) is 0 Å².